The quantitative estimate of drug-likeness (QED) is 0.227. The molecule has 2 fully saturated rings. The first-order chi connectivity index (χ1) is 15.9. The minimum Gasteiger partial charge on any atom is -0.496 e. The summed E-state index contributed by atoms with van der Waals surface area (Å²) in [6, 6.07) is 3.51. The van der Waals surface area contributed by atoms with E-state index in [2.05, 4.69) is 43.2 Å². The number of carbonyl (C=O) groups excluding carboxylic acids is 1. The summed E-state index contributed by atoms with van der Waals surface area (Å²) in [4.78, 5) is 17.8. The number of fused-ring (bicyclic) bond motifs is 1. The van der Waals surface area contributed by atoms with Gasteiger partial charge >= 0.3 is 0 Å². The average molecular weight is 471 g/mol. The highest BCUT2D eigenvalue weighted by Gasteiger charge is 2.78. The van der Waals surface area contributed by atoms with E-state index < -0.39 is 34.5 Å². The maximum Gasteiger partial charge on any atom is 0.270 e. The van der Waals surface area contributed by atoms with Gasteiger partial charge in [-0.05, 0) is 42.0 Å². The Balaban J connectivity index is 1.88. The molecule has 5 rings (SSSR count). The molecule has 3 aliphatic heterocycles. The van der Waals surface area contributed by atoms with Gasteiger partial charge in [0.05, 0.1) is 13.2 Å². The molecule has 0 bridgehead atoms. The van der Waals surface area contributed by atoms with Crippen LogP contribution >= 0.6 is 0 Å². The van der Waals surface area contributed by atoms with Gasteiger partial charge in [0, 0.05) is 42.2 Å². The molecule has 4 aliphatic rings. The fraction of sp³-hybridized carbons (Fsp3) is 0.654. The monoisotopic (exact) mass is 470 g/mol. The van der Waals surface area contributed by atoms with Gasteiger partial charge in [-0.1, -0.05) is 39.8 Å². The molecule has 6 unspecified atom stereocenters. The second kappa shape index (κ2) is 7.20. The second-order valence-corrected chi connectivity index (χ2v) is 11.6. The van der Waals surface area contributed by atoms with Crippen molar-refractivity contribution in [2.24, 2.45) is 11.3 Å². The van der Waals surface area contributed by atoms with Crippen LogP contribution in [0.3, 0.4) is 0 Å². The highest BCUT2D eigenvalue weighted by molar-refractivity contribution is 5.90. The highest BCUT2D eigenvalue weighted by Crippen LogP contribution is 2.67. The van der Waals surface area contributed by atoms with Crippen LogP contribution < -0.4 is 20.9 Å². The van der Waals surface area contributed by atoms with E-state index in [0.717, 1.165) is 42.1 Å². The number of ether oxygens (including phenoxy) is 1. The van der Waals surface area contributed by atoms with Gasteiger partial charge in [0.25, 0.3) is 5.91 Å². The number of hydrogen-bond donors (Lipinski definition) is 4. The predicted octanol–water partition coefficient (Wildman–Crippen LogP) is 1.18. The standard InChI is InChI=1S/C26H38N4O4/c1-7-24-9-8-11-30-12-10-25(19(24)30)15-13-16(23(2,3)4)18(34-6)14-17(15)29(5)20(25)26(33,21(24)31)22(32)28-27/h8-9,13-14,19-21,31,33H,7,10-12,27H2,1-6H3,(H,28,32). The van der Waals surface area contributed by atoms with Crippen LogP contribution in [-0.4, -0.2) is 72.1 Å². The molecule has 3 heterocycles. The lowest BCUT2D eigenvalue weighted by Crippen LogP contribution is -2.82. The molecule has 8 heteroatoms. The third-order valence-corrected chi connectivity index (χ3v) is 9.28. The number of nitrogens with one attached hydrogen (secondary N) is 1. The number of amides is 1. The lowest BCUT2D eigenvalue weighted by molar-refractivity contribution is -0.203. The summed E-state index contributed by atoms with van der Waals surface area (Å²) in [5, 5.41) is 24.1. The number of rotatable bonds is 3. The molecule has 1 aliphatic carbocycles. The fourth-order valence-electron chi connectivity index (χ4n) is 7.98. The second-order valence-electron chi connectivity index (χ2n) is 11.6. The Morgan fingerprint density at radius 3 is 2.62 bits per heavy atom. The number of hydrogen-bond acceptors (Lipinski definition) is 7. The topological polar surface area (TPSA) is 111 Å². The summed E-state index contributed by atoms with van der Waals surface area (Å²) in [5.41, 5.74) is 1.66. The van der Waals surface area contributed by atoms with Crippen LogP contribution in [-0.2, 0) is 15.6 Å². The van der Waals surface area contributed by atoms with E-state index in [1.54, 1.807) is 7.11 Å². The van der Waals surface area contributed by atoms with Gasteiger partial charge in [0.15, 0.2) is 5.60 Å². The van der Waals surface area contributed by atoms with Gasteiger partial charge in [-0.15, -0.1) is 0 Å². The molecule has 1 amide bonds. The summed E-state index contributed by atoms with van der Waals surface area (Å²) < 4.78 is 5.81. The van der Waals surface area contributed by atoms with E-state index >= 15 is 0 Å². The largest absolute Gasteiger partial charge is 0.496 e. The van der Waals surface area contributed by atoms with E-state index in [9.17, 15) is 15.0 Å². The SMILES string of the molecule is CCC12C=CCN3CCC4(c5cc(C(C)(C)C)c(OC)cc5N(C)C4C(O)(C(=O)NN)C1O)C32. The smallest absolute Gasteiger partial charge is 0.270 e. The average Bonchev–Trinajstić information content (AvgIpc) is 3.32. The van der Waals surface area contributed by atoms with Crippen molar-refractivity contribution in [2.75, 3.05) is 32.1 Å². The summed E-state index contributed by atoms with van der Waals surface area (Å²) in [6.07, 6.45) is 4.14. The van der Waals surface area contributed by atoms with Crippen molar-refractivity contribution in [1.29, 1.82) is 0 Å². The molecular weight excluding hydrogens is 432 g/mol. The number of nitrogens with zero attached hydrogens (tertiary/aromatic N) is 2. The molecule has 0 radical (unpaired) electrons. The first-order valence-electron chi connectivity index (χ1n) is 12.2. The Bertz CT molecular complexity index is 1070. The normalized spacial score (nSPS) is 38.4. The lowest BCUT2D eigenvalue weighted by Gasteiger charge is -2.63. The number of benzene rings is 1. The minimum absolute atomic E-state index is 0.0641. The summed E-state index contributed by atoms with van der Waals surface area (Å²) in [6.45, 7) is 10.1. The van der Waals surface area contributed by atoms with Gasteiger partial charge < -0.3 is 19.8 Å². The highest BCUT2D eigenvalue weighted by atomic mass is 16.5. The fourth-order valence-corrected chi connectivity index (χ4v) is 7.98. The molecule has 1 saturated carbocycles. The van der Waals surface area contributed by atoms with Crippen LogP contribution in [0.2, 0.25) is 0 Å². The van der Waals surface area contributed by atoms with Crippen molar-refractivity contribution >= 4 is 11.6 Å². The molecule has 1 saturated heterocycles. The number of carbonyl (C=O) groups is 1. The van der Waals surface area contributed by atoms with E-state index in [4.69, 9.17) is 10.6 Å². The zero-order valence-electron chi connectivity index (χ0n) is 21.1. The Morgan fingerprint density at radius 1 is 1.32 bits per heavy atom. The zero-order chi connectivity index (χ0) is 24.8. The lowest BCUT2D eigenvalue weighted by atomic mass is 9.47. The van der Waals surface area contributed by atoms with Gasteiger partial charge in [-0.25, -0.2) is 5.84 Å². The van der Waals surface area contributed by atoms with E-state index in [1.807, 2.05) is 31.0 Å². The summed E-state index contributed by atoms with van der Waals surface area (Å²) in [7, 11) is 3.57. The molecular formula is C26H38N4O4. The van der Waals surface area contributed by atoms with Crippen LogP contribution in [0.1, 0.15) is 51.7 Å². The molecule has 0 aromatic heterocycles. The molecule has 1 spiro atoms. The van der Waals surface area contributed by atoms with Crippen molar-refractivity contribution < 1.29 is 19.7 Å². The predicted molar refractivity (Wildman–Crippen MR) is 131 cm³/mol. The van der Waals surface area contributed by atoms with Gasteiger partial charge in [0.2, 0.25) is 0 Å². The number of anilines is 1. The molecule has 5 N–H and O–H groups in total. The first kappa shape index (κ1) is 23.6. The van der Waals surface area contributed by atoms with Crippen molar-refractivity contribution in [2.45, 2.75) is 75.2 Å². The van der Waals surface area contributed by atoms with Crippen LogP contribution in [0.4, 0.5) is 5.69 Å². The Kier molecular flexibility index (Phi) is 5.00. The molecule has 34 heavy (non-hydrogen) atoms. The van der Waals surface area contributed by atoms with E-state index in [-0.39, 0.29) is 11.5 Å². The maximum absolute atomic E-state index is 13.4. The molecule has 186 valence electrons. The van der Waals surface area contributed by atoms with Crippen molar-refractivity contribution in [3.05, 3.63) is 35.4 Å². The Hall–Kier alpha value is -2.13. The van der Waals surface area contributed by atoms with Gasteiger partial charge in [-0.2, -0.15) is 0 Å². The Labute approximate surface area is 201 Å². The molecule has 1 aromatic rings. The number of aliphatic hydroxyl groups is 2. The van der Waals surface area contributed by atoms with E-state index in [1.165, 1.54) is 0 Å². The third kappa shape index (κ3) is 2.50. The van der Waals surface area contributed by atoms with Crippen molar-refractivity contribution in [3.8, 4) is 5.75 Å². The molecule has 6 atom stereocenters. The number of aliphatic hydroxyl groups excluding tert-OH is 1. The van der Waals surface area contributed by atoms with Gasteiger partial charge in [-0.3, -0.25) is 15.1 Å². The van der Waals surface area contributed by atoms with Crippen molar-refractivity contribution in [3.63, 3.8) is 0 Å². The van der Waals surface area contributed by atoms with Crippen LogP contribution in [0.5, 0.6) is 5.75 Å². The molecule has 8 nitrogen and oxygen atoms in total. The number of hydrazine groups is 1. The zero-order valence-corrected chi connectivity index (χ0v) is 21.1. The van der Waals surface area contributed by atoms with Crippen molar-refractivity contribution in [1.82, 2.24) is 10.3 Å². The number of likely N-dealkylation sites (N-methyl/N-ethyl adjacent to an activating group) is 1. The van der Waals surface area contributed by atoms with Crippen LogP contribution in [0.15, 0.2) is 24.3 Å². The minimum atomic E-state index is -2.11. The van der Waals surface area contributed by atoms with Gasteiger partial charge in [0.1, 0.15) is 11.9 Å². The summed E-state index contributed by atoms with van der Waals surface area (Å²) in [5.74, 6) is 5.64. The van der Waals surface area contributed by atoms with Crippen LogP contribution in [0.25, 0.3) is 0 Å². The maximum atomic E-state index is 13.4. The Morgan fingerprint density at radius 2 is 2.03 bits per heavy atom. The van der Waals surface area contributed by atoms with Crippen LogP contribution in [0, 0.1) is 5.41 Å². The third-order valence-electron chi connectivity index (χ3n) is 9.28. The van der Waals surface area contributed by atoms with E-state index in [0.29, 0.717) is 6.42 Å². The molecule has 1 aromatic carbocycles. The first-order valence-corrected chi connectivity index (χ1v) is 12.2. The number of nitrogens with two attached hydrogens (primary N) is 1. The number of methoxy groups -OCH3 is 1. The summed E-state index contributed by atoms with van der Waals surface area (Å²) >= 11 is 0.